The molecule has 0 bridgehead atoms. The van der Waals surface area contributed by atoms with Crippen LogP contribution in [-0.4, -0.2) is 36.6 Å². The maximum absolute atomic E-state index is 3.56. The highest BCUT2D eigenvalue weighted by atomic mass is 15.2. The van der Waals surface area contributed by atoms with Crippen LogP contribution in [0.15, 0.2) is 0 Å². The minimum absolute atomic E-state index is 0.315. The molecule has 0 fully saturated rings. The van der Waals surface area contributed by atoms with Crippen molar-refractivity contribution in [3.63, 3.8) is 0 Å². The highest BCUT2D eigenvalue weighted by Crippen LogP contribution is 2.23. The van der Waals surface area contributed by atoms with Crippen molar-refractivity contribution in [2.24, 2.45) is 11.3 Å². The molecule has 0 aliphatic carbocycles. The van der Waals surface area contributed by atoms with Gasteiger partial charge in [-0.05, 0) is 38.6 Å². The molecule has 0 aromatic heterocycles. The molecular formula is C15H34N2. The molecule has 0 aliphatic heterocycles. The first-order valence-electron chi connectivity index (χ1n) is 7.18. The third kappa shape index (κ3) is 6.42. The van der Waals surface area contributed by atoms with E-state index in [9.17, 15) is 0 Å². The predicted molar refractivity (Wildman–Crippen MR) is 78.5 cm³/mol. The standard InChI is InChI=1S/C15H34N2/c1-9-16-14(6)15(7,8)11-17(13(4)5)10-12(2)3/h12-14,16H,9-11H2,1-8H3. The van der Waals surface area contributed by atoms with Gasteiger partial charge in [-0.3, -0.25) is 0 Å². The van der Waals surface area contributed by atoms with Gasteiger partial charge in [-0.25, -0.2) is 0 Å². The van der Waals surface area contributed by atoms with E-state index in [1.807, 2.05) is 0 Å². The summed E-state index contributed by atoms with van der Waals surface area (Å²) >= 11 is 0. The molecule has 0 aliphatic rings. The van der Waals surface area contributed by atoms with Gasteiger partial charge >= 0.3 is 0 Å². The van der Waals surface area contributed by atoms with Crippen molar-refractivity contribution in [2.45, 2.75) is 67.5 Å². The van der Waals surface area contributed by atoms with E-state index in [1.54, 1.807) is 0 Å². The Balaban J connectivity index is 4.50. The molecule has 0 amide bonds. The molecule has 0 aromatic rings. The van der Waals surface area contributed by atoms with E-state index in [4.69, 9.17) is 0 Å². The molecule has 2 nitrogen and oxygen atoms in total. The number of hydrogen-bond donors (Lipinski definition) is 1. The van der Waals surface area contributed by atoms with Gasteiger partial charge < -0.3 is 10.2 Å². The zero-order chi connectivity index (χ0) is 13.6. The Kier molecular flexibility index (Phi) is 7.34. The molecule has 2 heteroatoms. The minimum atomic E-state index is 0.315. The average Bonchev–Trinajstić information content (AvgIpc) is 2.15. The Morgan fingerprint density at radius 2 is 1.59 bits per heavy atom. The van der Waals surface area contributed by atoms with Crippen molar-refractivity contribution in [1.82, 2.24) is 10.2 Å². The van der Waals surface area contributed by atoms with Crippen LogP contribution >= 0.6 is 0 Å². The maximum Gasteiger partial charge on any atom is 0.0102 e. The molecule has 0 saturated carbocycles. The van der Waals surface area contributed by atoms with Crippen molar-refractivity contribution >= 4 is 0 Å². The van der Waals surface area contributed by atoms with E-state index >= 15 is 0 Å². The fraction of sp³-hybridized carbons (Fsp3) is 1.00. The van der Waals surface area contributed by atoms with Crippen LogP contribution in [0.1, 0.15) is 55.4 Å². The van der Waals surface area contributed by atoms with Gasteiger partial charge in [0.15, 0.2) is 0 Å². The quantitative estimate of drug-likeness (QED) is 0.702. The van der Waals surface area contributed by atoms with E-state index in [0.717, 1.165) is 19.0 Å². The van der Waals surface area contributed by atoms with Gasteiger partial charge in [0.05, 0.1) is 0 Å². The third-order valence-electron chi connectivity index (χ3n) is 3.62. The molecular weight excluding hydrogens is 208 g/mol. The molecule has 1 atom stereocenters. The van der Waals surface area contributed by atoms with Crippen molar-refractivity contribution in [3.8, 4) is 0 Å². The Bertz CT molecular complexity index is 197. The fourth-order valence-corrected chi connectivity index (χ4v) is 2.17. The van der Waals surface area contributed by atoms with Crippen LogP contribution in [0.3, 0.4) is 0 Å². The summed E-state index contributed by atoms with van der Waals surface area (Å²) in [4.78, 5) is 2.61. The topological polar surface area (TPSA) is 15.3 Å². The Morgan fingerprint density at radius 3 is 1.94 bits per heavy atom. The summed E-state index contributed by atoms with van der Waals surface area (Å²) in [5.74, 6) is 0.739. The number of hydrogen-bond acceptors (Lipinski definition) is 2. The van der Waals surface area contributed by atoms with E-state index in [1.165, 1.54) is 6.54 Å². The second kappa shape index (κ2) is 7.38. The fourth-order valence-electron chi connectivity index (χ4n) is 2.17. The predicted octanol–water partition coefficient (Wildman–Crippen LogP) is 3.38. The van der Waals surface area contributed by atoms with E-state index in [2.05, 4.69) is 65.6 Å². The summed E-state index contributed by atoms with van der Waals surface area (Å²) in [5.41, 5.74) is 0.315. The van der Waals surface area contributed by atoms with Crippen LogP contribution in [0.2, 0.25) is 0 Å². The van der Waals surface area contributed by atoms with Crippen LogP contribution in [-0.2, 0) is 0 Å². The minimum Gasteiger partial charge on any atom is -0.314 e. The summed E-state index contributed by atoms with van der Waals surface area (Å²) in [5, 5.41) is 3.56. The van der Waals surface area contributed by atoms with Gasteiger partial charge in [0.25, 0.3) is 0 Å². The zero-order valence-corrected chi connectivity index (χ0v) is 13.3. The molecule has 0 aromatic carbocycles. The Labute approximate surface area is 109 Å². The van der Waals surface area contributed by atoms with Gasteiger partial charge in [0.2, 0.25) is 0 Å². The molecule has 0 saturated heterocycles. The largest absolute Gasteiger partial charge is 0.314 e. The highest BCUT2D eigenvalue weighted by molar-refractivity contribution is 4.84. The lowest BCUT2D eigenvalue weighted by atomic mass is 9.84. The number of nitrogens with one attached hydrogen (secondary N) is 1. The lowest BCUT2D eigenvalue weighted by Gasteiger charge is -2.40. The van der Waals surface area contributed by atoms with E-state index in [0.29, 0.717) is 17.5 Å². The van der Waals surface area contributed by atoms with Gasteiger partial charge in [-0.15, -0.1) is 0 Å². The van der Waals surface area contributed by atoms with Crippen LogP contribution in [0, 0.1) is 11.3 Å². The van der Waals surface area contributed by atoms with Crippen LogP contribution < -0.4 is 5.32 Å². The van der Waals surface area contributed by atoms with Crippen molar-refractivity contribution in [3.05, 3.63) is 0 Å². The number of rotatable bonds is 8. The van der Waals surface area contributed by atoms with Gasteiger partial charge in [0, 0.05) is 25.2 Å². The maximum atomic E-state index is 3.56. The van der Waals surface area contributed by atoms with Crippen molar-refractivity contribution in [2.75, 3.05) is 19.6 Å². The second-order valence-corrected chi connectivity index (χ2v) is 6.68. The smallest absolute Gasteiger partial charge is 0.0102 e. The lowest BCUT2D eigenvalue weighted by molar-refractivity contribution is 0.106. The zero-order valence-electron chi connectivity index (χ0n) is 13.3. The van der Waals surface area contributed by atoms with Gasteiger partial charge in [-0.2, -0.15) is 0 Å². The molecule has 17 heavy (non-hydrogen) atoms. The molecule has 0 radical (unpaired) electrons. The molecule has 0 spiro atoms. The van der Waals surface area contributed by atoms with Crippen LogP contribution in [0.5, 0.6) is 0 Å². The second-order valence-electron chi connectivity index (χ2n) is 6.68. The molecule has 0 rings (SSSR count). The van der Waals surface area contributed by atoms with Crippen molar-refractivity contribution < 1.29 is 0 Å². The third-order valence-corrected chi connectivity index (χ3v) is 3.62. The first kappa shape index (κ1) is 16.9. The summed E-state index contributed by atoms with van der Waals surface area (Å²) in [6, 6.07) is 1.19. The van der Waals surface area contributed by atoms with Crippen LogP contribution in [0.4, 0.5) is 0 Å². The SMILES string of the molecule is CCNC(C)C(C)(C)CN(CC(C)C)C(C)C. The molecule has 0 heterocycles. The van der Waals surface area contributed by atoms with Crippen LogP contribution in [0.25, 0.3) is 0 Å². The van der Waals surface area contributed by atoms with E-state index < -0.39 is 0 Å². The Hall–Kier alpha value is -0.0800. The number of nitrogens with zero attached hydrogens (tertiary/aromatic N) is 1. The van der Waals surface area contributed by atoms with Gasteiger partial charge in [0.1, 0.15) is 0 Å². The first-order valence-corrected chi connectivity index (χ1v) is 7.18. The summed E-state index contributed by atoms with van der Waals surface area (Å²) in [6.07, 6.45) is 0. The normalized spacial score (nSPS) is 15.0. The molecule has 104 valence electrons. The van der Waals surface area contributed by atoms with Crippen molar-refractivity contribution in [1.29, 1.82) is 0 Å². The first-order chi connectivity index (χ1) is 7.70. The lowest BCUT2D eigenvalue weighted by Crippen LogP contribution is -2.49. The summed E-state index contributed by atoms with van der Waals surface area (Å²) in [6.45, 7) is 21.8. The highest BCUT2D eigenvalue weighted by Gasteiger charge is 2.28. The van der Waals surface area contributed by atoms with Gasteiger partial charge in [-0.1, -0.05) is 34.6 Å². The molecule has 1 N–H and O–H groups in total. The average molecular weight is 242 g/mol. The molecule has 1 unspecified atom stereocenters. The Morgan fingerprint density at radius 1 is 1.06 bits per heavy atom. The monoisotopic (exact) mass is 242 g/mol. The summed E-state index contributed by atoms with van der Waals surface area (Å²) in [7, 11) is 0. The van der Waals surface area contributed by atoms with E-state index in [-0.39, 0.29) is 0 Å². The summed E-state index contributed by atoms with van der Waals surface area (Å²) < 4.78 is 0.